The first-order valence-electron chi connectivity index (χ1n) is 6.94. The third-order valence-corrected chi connectivity index (χ3v) is 3.29. The Labute approximate surface area is 153 Å². The molecule has 0 radical (unpaired) electrons. The fourth-order valence-corrected chi connectivity index (χ4v) is 2.04. The number of aliphatic imine (C=N–C) groups is 1. The molecule has 5 nitrogen and oxygen atoms in total. The SMILES string of the molecule is CN=C(NCCc1ccc(Cl)cc1)NCCn1cccn1.I. The smallest absolute Gasteiger partial charge is 0.191 e. The normalized spacial score (nSPS) is 10.9. The fourth-order valence-electron chi connectivity index (χ4n) is 1.92. The van der Waals surface area contributed by atoms with Gasteiger partial charge in [-0.1, -0.05) is 23.7 Å². The molecule has 120 valence electrons. The lowest BCUT2D eigenvalue weighted by Crippen LogP contribution is -2.39. The van der Waals surface area contributed by atoms with Gasteiger partial charge in [0.15, 0.2) is 5.96 Å². The number of hydrogen-bond acceptors (Lipinski definition) is 2. The predicted octanol–water partition coefficient (Wildman–Crippen LogP) is 2.56. The summed E-state index contributed by atoms with van der Waals surface area (Å²) in [6, 6.07) is 9.82. The van der Waals surface area contributed by atoms with E-state index in [-0.39, 0.29) is 24.0 Å². The summed E-state index contributed by atoms with van der Waals surface area (Å²) in [7, 11) is 1.77. The monoisotopic (exact) mass is 433 g/mol. The molecule has 1 heterocycles. The summed E-state index contributed by atoms with van der Waals surface area (Å²) in [5.74, 6) is 0.802. The largest absolute Gasteiger partial charge is 0.356 e. The molecular formula is C15H21ClIN5. The number of guanidine groups is 1. The van der Waals surface area contributed by atoms with E-state index in [2.05, 4.69) is 20.7 Å². The van der Waals surface area contributed by atoms with Crippen molar-refractivity contribution in [3.05, 3.63) is 53.3 Å². The lowest BCUT2D eigenvalue weighted by Gasteiger charge is -2.12. The first kappa shape index (κ1) is 18.8. The summed E-state index contributed by atoms with van der Waals surface area (Å²) < 4.78 is 1.88. The topological polar surface area (TPSA) is 54.2 Å². The third kappa shape index (κ3) is 6.65. The van der Waals surface area contributed by atoms with Crippen LogP contribution in [0.3, 0.4) is 0 Å². The van der Waals surface area contributed by atoms with Crippen molar-refractivity contribution in [2.24, 2.45) is 4.99 Å². The highest BCUT2D eigenvalue weighted by Gasteiger charge is 1.98. The van der Waals surface area contributed by atoms with Crippen LogP contribution in [0.5, 0.6) is 0 Å². The van der Waals surface area contributed by atoms with E-state index in [0.717, 1.165) is 37.0 Å². The Morgan fingerprint density at radius 1 is 1.23 bits per heavy atom. The Morgan fingerprint density at radius 2 is 1.95 bits per heavy atom. The van der Waals surface area contributed by atoms with Crippen LogP contribution < -0.4 is 10.6 Å². The molecule has 1 aromatic heterocycles. The summed E-state index contributed by atoms with van der Waals surface area (Å²) in [6.45, 7) is 2.41. The zero-order chi connectivity index (χ0) is 14.9. The van der Waals surface area contributed by atoms with E-state index in [1.165, 1.54) is 5.56 Å². The van der Waals surface area contributed by atoms with Crippen molar-refractivity contribution in [2.45, 2.75) is 13.0 Å². The van der Waals surface area contributed by atoms with Crippen LogP contribution in [0.25, 0.3) is 0 Å². The molecule has 0 spiro atoms. The van der Waals surface area contributed by atoms with Gasteiger partial charge in [-0.05, 0) is 30.2 Å². The molecular weight excluding hydrogens is 413 g/mol. The second-order valence-electron chi connectivity index (χ2n) is 4.57. The number of aromatic nitrogens is 2. The molecule has 1 aromatic carbocycles. The van der Waals surface area contributed by atoms with E-state index in [4.69, 9.17) is 11.6 Å². The maximum atomic E-state index is 5.87. The Balaban J connectivity index is 0.00000242. The van der Waals surface area contributed by atoms with Gasteiger partial charge in [-0.15, -0.1) is 24.0 Å². The van der Waals surface area contributed by atoms with Gasteiger partial charge in [0.25, 0.3) is 0 Å². The van der Waals surface area contributed by atoms with E-state index in [1.54, 1.807) is 13.2 Å². The molecule has 0 amide bonds. The van der Waals surface area contributed by atoms with Crippen molar-refractivity contribution in [2.75, 3.05) is 20.1 Å². The maximum absolute atomic E-state index is 5.87. The van der Waals surface area contributed by atoms with Crippen molar-refractivity contribution in [1.29, 1.82) is 0 Å². The van der Waals surface area contributed by atoms with Gasteiger partial charge in [-0.3, -0.25) is 9.67 Å². The fraction of sp³-hybridized carbons (Fsp3) is 0.333. The van der Waals surface area contributed by atoms with E-state index >= 15 is 0 Å². The molecule has 0 aliphatic carbocycles. The van der Waals surface area contributed by atoms with E-state index < -0.39 is 0 Å². The van der Waals surface area contributed by atoms with Crippen LogP contribution in [-0.2, 0) is 13.0 Å². The molecule has 0 saturated carbocycles. The van der Waals surface area contributed by atoms with Gasteiger partial charge in [-0.2, -0.15) is 5.10 Å². The summed E-state index contributed by atoms with van der Waals surface area (Å²) >= 11 is 5.87. The summed E-state index contributed by atoms with van der Waals surface area (Å²) in [6.07, 6.45) is 4.65. The van der Waals surface area contributed by atoms with Crippen LogP contribution >= 0.6 is 35.6 Å². The summed E-state index contributed by atoms with van der Waals surface area (Å²) in [5, 5.41) is 11.5. The Kier molecular flexibility index (Phi) is 8.91. The number of nitrogens with zero attached hydrogens (tertiary/aromatic N) is 3. The first-order chi connectivity index (χ1) is 10.3. The van der Waals surface area contributed by atoms with Crippen molar-refractivity contribution < 1.29 is 0 Å². The molecule has 7 heteroatoms. The van der Waals surface area contributed by atoms with Crippen LogP contribution in [-0.4, -0.2) is 35.9 Å². The van der Waals surface area contributed by atoms with Crippen LogP contribution in [0.1, 0.15) is 5.56 Å². The van der Waals surface area contributed by atoms with Gasteiger partial charge < -0.3 is 10.6 Å². The van der Waals surface area contributed by atoms with E-state index in [9.17, 15) is 0 Å². The second-order valence-corrected chi connectivity index (χ2v) is 5.01. The molecule has 0 atom stereocenters. The minimum absolute atomic E-state index is 0. The van der Waals surface area contributed by atoms with Crippen LogP contribution in [0.4, 0.5) is 0 Å². The molecule has 0 unspecified atom stereocenters. The minimum Gasteiger partial charge on any atom is -0.356 e. The number of halogens is 2. The van der Waals surface area contributed by atoms with Crippen LogP contribution in [0.2, 0.25) is 5.02 Å². The quantitative estimate of drug-likeness (QED) is 0.418. The number of rotatable bonds is 6. The molecule has 0 bridgehead atoms. The average molecular weight is 434 g/mol. The Hall–Kier alpha value is -1.28. The molecule has 22 heavy (non-hydrogen) atoms. The molecule has 2 N–H and O–H groups in total. The Morgan fingerprint density at radius 3 is 2.59 bits per heavy atom. The average Bonchev–Trinajstić information content (AvgIpc) is 3.01. The minimum atomic E-state index is 0. The number of nitrogens with one attached hydrogen (secondary N) is 2. The number of hydrogen-bond donors (Lipinski definition) is 2. The molecule has 0 aliphatic heterocycles. The number of benzene rings is 1. The highest BCUT2D eigenvalue weighted by Crippen LogP contribution is 2.09. The maximum Gasteiger partial charge on any atom is 0.191 e. The van der Waals surface area contributed by atoms with E-state index in [0.29, 0.717) is 0 Å². The van der Waals surface area contributed by atoms with Gasteiger partial charge in [-0.25, -0.2) is 0 Å². The highest BCUT2D eigenvalue weighted by molar-refractivity contribution is 14.0. The molecule has 0 saturated heterocycles. The standard InChI is InChI=1S/C15H20ClN5.HI/c1-17-15(19-10-12-21-11-2-8-20-21)18-9-7-13-3-5-14(16)6-4-13;/h2-6,8,11H,7,9-10,12H2,1H3,(H2,17,18,19);1H. The van der Waals surface area contributed by atoms with Crippen molar-refractivity contribution in [1.82, 2.24) is 20.4 Å². The van der Waals surface area contributed by atoms with Gasteiger partial charge in [0, 0.05) is 37.6 Å². The molecule has 0 fully saturated rings. The summed E-state index contributed by atoms with van der Waals surface area (Å²) in [4.78, 5) is 4.20. The zero-order valence-corrected chi connectivity index (χ0v) is 15.6. The summed E-state index contributed by atoms with van der Waals surface area (Å²) in [5.41, 5.74) is 1.25. The molecule has 2 rings (SSSR count). The van der Waals surface area contributed by atoms with Crippen molar-refractivity contribution >= 4 is 41.5 Å². The molecule has 2 aromatic rings. The van der Waals surface area contributed by atoms with E-state index in [1.807, 2.05) is 41.2 Å². The third-order valence-electron chi connectivity index (χ3n) is 3.04. The Bertz CT molecular complexity index is 554. The second kappa shape index (κ2) is 10.4. The first-order valence-corrected chi connectivity index (χ1v) is 7.32. The van der Waals surface area contributed by atoms with Gasteiger partial charge in [0.2, 0.25) is 0 Å². The van der Waals surface area contributed by atoms with Crippen LogP contribution in [0.15, 0.2) is 47.7 Å². The van der Waals surface area contributed by atoms with Gasteiger partial charge >= 0.3 is 0 Å². The lowest BCUT2D eigenvalue weighted by atomic mass is 10.1. The van der Waals surface area contributed by atoms with Crippen LogP contribution in [0, 0.1) is 0 Å². The van der Waals surface area contributed by atoms with Gasteiger partial charge in [0.1, 0.15) is 0 Å². The highest BCUT2D eigenvalue weighted by atomic mass is 127. The zero-order valence-electron chi connectivity index (χ0n) is 12.5. The lowest BCUT2D eigenvalue weighted by molar-refractivity contribution is 0.598. The van der Waals surface area contributed by atoms with Gasteiger partial charge in [0.05, 0.1) is 6.54 Å². The van der Waals surface area contributed by atoms with Crippen molar-refractivity contribution in [3.8, 4) is 0 Å². The van der Waals surface area contributed by atoms with Crippen molar-refractivity contribution in [3.63, 3.8) is 0 Å². The predicted molar refractivity (Wildman–Crippen MR) is 102 cm³/mol. The molecule has 0 aliphatic rings.